The highest BCUT2D eigenvalue weighted by Crippen LogP contribution is 2.26. The molecular weight excluding hydrogens is 368 g/mol. The van der Waals surface area contributed by atoms with Gasteiger partial charge in [-0.05, 0) is 67.8 Å². The summed E-state index contributed by atoms with van der Waals surface area (Å²) in [7, 11) is 0. The summed E-state index contributed by atoms with van der Waals surface area (Å²) in [5.41, 5.74) is 2.78. The monoisotopic (exact) mass is 382 g/mol. The normalized spacial score (nSPS) is 10.4. The first-order valence-corrected chi connectivity index (χ1v) is 7.90. The molecule has 0 saturated heterocycles. The number of benzene rings is 2. The molecule has 0 spiro atoms. The van der Waals surface area contributed by atoms with Gasteiger partial charge in [-0.1, -0.05) is 27.5 Å². The molecule has 0 bridgehead atoms. The van der Waals surface area contributed by atoms with Crippen molar-refractivity contribution in [1.29, 1.82) is 0 Å². The lowest BCUT2D eigenvalue weighted by atomic mass is 10.1. The molecular formula is C17H16BrClO3. The van der Waals surface area contributed by atoms with Crippen LogP contribution in [0.3, 0.4) is 0 Å². The van der Waals surface area contributed by atoms with Gasteiger partial charge >= 0.3 is 5.97 Å². The molecule has 0 unspecified atom stereocenters. The van der Waals surface area contributed by atoms with E-state index >= 15 is 0 Å². The zero-order chi connectivity index (χ0) is 16.3. The van der Waals surface area contributed by atoms with Crippen molar-refractivity contribution in [2.24, 2.45) is 0 Å². The Hall–Kier alpha value is -1.52. The van der Waals surface area contributed by atoms with Crippen LogP contribution in [0.5, 0.6) is 11.5 Å². The van der Waals surface area contributed by atoms with Crippen molar-refractivity contribution in [2.75, 3.05) is 6.61 Å². The van der Waals surface area contributed by atoms with Crippen molar-refractivity contribution >= 4 is 33.5 Å². The molecule has 2 aromatic carbocycles. The van der Waals surface area contributed by atoms with Crippen LogP contribution in [-0.4, -0.2) is 12.6 Å². The number of esters is 1. The minimum Gasteiger partial charge on any atom is -0.482 e. The molecule has 0 aliphatic heterocycles. The predicted octanol–water partition coefficient (Wildman–Crippen LogP) is 5.01. The van der Waals surface area contributed by atoms with Crippen LogP contribution >= 0.6 is 27.5 Å². The number of aryl methyl sites for hydroxylation is 3. The number of halogens is 2. The Bertz CT molecular complexity index is 690. The maximum absolute atomic E-state index is 11.9. The van der Waals surface area contributed by atoms with E-state index in [0.717, 1.165) is 21.2 Å². The topological polar surface area (TPSA) is 35.5 Å². The molecule has 22 heavy (non-hydrogen) atoms. The van der Waals surface area contributed by atoms with Crippen LogP contribution in [0.4, 0.5) is 0 Å². The Morgan fingerprint density at radius 2 is 1.64 bits per heavy atom. The standard InChI is InChI=1S/C17H16BrClO3/c1-10-6-13(4-5-15(10)18)21-9-16(20)22-14-7-11(2)17(19)12(3)8-14/h4-8H,9H2,1-3H3. The van der Waals surface area contributed by atoms with E-state index in [1.165, 1.54) is 0 Å². The second-order valence-electron chi connectivity index (χ2n) is 5.04. The van der Waals surface area contributed by atoms with E-state index in [1.54, 1.807) is 18.2 Å². The molecule has 0 saturated carbocycles. The Labute approximate surface area is 143 Å². The van der Waals surface area contributed by atoms with Gasteiger partial charge in [0.15, 0.2) is 6.61 Å². The quantitative estimate of drug-likeness (QED) is 0.550. The van der Waals surface area contributed by atoms with E-state index in [2.05, 4.69) is 15.9 Å². The largest absolute Gasteiger partial charge is 0.482 e. The number of carbonyl (C=O) groups excluding carboxylic acids is 1. The van der Waals surface area contributed by atoms with E-state index in [4.69, 9.17) is 21.1 Å². The second-order valence-corrected chi connectivity index (χ2v) is 6.28. The Morgan fingerprint density at radius 1 is 1.05 bits per heavy atom. The maximum atomic E-state index is 11.9. The average Bonchev–Trinajstić information content (AvgIpc) is 2.46. The highest BCUT2D eigenvalue weighted by Gasteiger charge is 2.09. The van der Waals surface area contributed by atoms with Crippen LogP contribution < -0.4 is 9.47 Å². The van der Waals surface area contributed by atoms with Crippen LogP contribution in [0.25, 0.3) is 0 Å². The van der Waals surface area contributed by atoms with Crippen LogP contribution in [0.15, 0.2) is 34.8 Å². The van der Waals surface area contributed by atoms with E-state index in [9.17, 15) is 4.79 Å². The van der Waals surface area contributed by atoms with Gasteiger partial charge in [0.1, 0.15) is 11.5 Å². The summed E-state index contributed by atoms with van der Waals surface area (Å²) < 4.78 is 11.7. The van der Waals surface area contributed by atoms with Gasteiger partial charge in [-0.2, -0.15) is 0 Å². The van der Waals surface area contributed by atoms with Crippen LogP contribution in [0.2, 0.25) is 5.02 Å². The minimum atomic E-state index is -0.457. The molecule has 2 rings (SSSR count). The first-order chi connectivity index (χ1) is 10.4. The van der Waals surface area contributed by atoms with Gasteiger partial charge in [-0.15, -0.1) is 0 Å². The summed E-state index contributed by atoms with van der Waals surface area (Å²) >= 11 is 9.50. The van der Waals surface area contributed by atoms with Gasteiger partial charge in [-0.25, -0.2) is 4.79 Å². The van der Waals surface area contributed by atoms with Crippen LogP contribution in [0, 0.1) is 20.8 Å². The lowest BCUT2D eigenvalue weighted by Gasteiger charge is -2.10. The number of rotatable bonds is 4. The number of carbonyl (C=O) groups is 1. The Morgan fingerprint density at radius 3 is 2.23 bits per heavy atom. The Kier molecular flexibility index (Phi) is 5.48. The fraction of sp³-hybridized carbons (Fsp3) is 0.235. The van der Waals surface area contributed by atoms with Crippen molar-refractivity contribution in [1.82, 2.24) is 0 Å². The zero-order valence-electron chi connectivity index (χ0n) is 12.6. The van der Waals surface area contributed by atoms with Gasteiger partial charge < -0.3 is 9.47 Å². The molecule has 0 heterocycles. The summed E-state index contributed by atoms with van der Waals surface area (Å²) in [5.74, 6) is 0.641. The van der Waals surface area contributed by atoms with Gasteiger partial charge in [0.05, 0.1) is 0 Å². The van der Waals surface area contributed by atoms with Crippen molar-refractivity contribution in [3.05, 3.63) is 56.5 Å². The molecule has 0 N–H and O–H groups in total. The van der Waals surface area contributed by atoms with E-state index in [-0.39, 0.29) is 6.61 Å². The fourth-order valence-corrected chi connectivity index (χ4v) is 2.33. The fourth-order valence-electron chi connectivity index (χ4n) is 1.98. The molecule has 0 aliphatic carbocycles. The number of hydrogen-bond acceptors (Lipinski definition) is 3. The maximum Gasteiger partial charge on any atom is 0.349 e. The average molecular weight is 384 g/mol. The lowest BCUT2D eigenvalue weighted by molar-refractivity contribution is -0.136. The molecule has 0 aliphatic rings. The smallest absolute Gasteiger partial charge is 0.349 e. The van der Waals surface area contributed by atoms with Gasteiger partial charge in [-0.3, -0.25) is 0 Å². The molecule has 0 amide bonds. The third-order valence-corrected chi connectivity index (χ3v) is 4.61. The number of ether oxygens (including phenoxy) is 2. The van der Waals surface area contributed by atoms with Gasteiger partial charge in [0.25, 0.3) is 0 Å². The third-order valence-electron chi connectivity index (χ3n) is 3.13. The Balaban J connectivity index is 1.97. The molecule has 0 radical (unpaired) electrons. The van der Waals surface area contributed by atoms with Crippen LogP contribution in [0.1, 0.15) is 16.7 Å². The van der Waals surface area contributed by atoms with E-state index in [1.807, 2.05) is 32.9 Å². The molecule has 5 heteroatoms. The van der Waals surface area contributed by atoms with E-state index < -0.39 is 5.97 Å². The number of hydrogen-bond donors (Lipinski definition) is 0. The SMILES string of the molecule is Cc1cc(OCC(=O)Oc2cc(C)c(Cl)c(C)c2)ccc1Br. The lowest BCUT2D eigenvalue weighted by Crippen LogP contribution is -2.17. The molecule has 2 aromatic rings. The molecule has 0 aromatic heterocycles. The summed E-state index contributed by atoms with van der Waals surface area (Å²) in [6, 6.07) is 8.99. The van der Waals surface area contributed by atoms with Gasteiger partial charge in [0.2, 0.25) is 0 Å². The van der Waals surface area contributed by atoms with Crippen molar-refractivity contribution in [2.45, 2.75) is 20.8 Å². The molecule has 0 fully saturated rings. The summed E-state index contributed by atoms with van der Waals surface area (Å²) in [6.07, 6.45) is 0. The summed E-state index contributed by atoms with van der Waals surface area (Å²) in [5, 5.41) is 0.682. The summed E-state index contributed by atoms with van der Waals surface area (Å²) in [6.45, 7) is 5.54. The van der Waals surface area contributed by atoms with Crippen LogP contribution in [-0.2, 0) is 4.79 Å². The highest BCUT2D eigenvalue weighted by atomic mass is 79.9. The van der Waals surface area contributed by atoms with Gasteiger partial charge in [0, 0.05) is 9.50 Å². The third kappa shape index (κ3) is 4.24. The van der Waals surface area contributed by atoms with Crippen molar-refractivity contribution in [3.63, 3.8) is 0 Å². The predicted molar refractivity (Wildman–Crippen MR) is 90.9 cm³/mol. The molecule has 3 nitrogen and oxygen atoms in total. The first kappa shape index (κ1) is 16.8. The second kappa shape index (κ2) is 7.16. The zero-order valence-corrected chi connectivity index (χ0v) is 14.9. The summed E-state index contributed by atoms with van der Waals surface area (Å²) in [4.78, 5) is 11.9. The van der Waals surface area contributed by atoms with E-state index in [0.29, 0.717) is 16.5 Å². The highest BCUT2D eigenvalue weighted by molar-refractivity contribution is 9.10. The van der Waals surface area contributed by atoms with Crippen molar-refractivity contribution in [3.8, 4) is 11.5 Å². The minimum absolute atomic E-state index is 0.151. The first-order valence-electron chi connectivity index (χ1n) is 6.73. The molecule has 0 atom stereocenters. The molecule has 116 valence electrons. The van der Waals surface area contributed by atoms with Crippen molar-refractivity contribution < 1.29 is 14.3 Å².